The summed E-state index contributed by atoms with van der Waals surface area (Å²) in [6.45, 7) is 9.87. The summed E-state index contributed by atoms with van der Waals surface area (Å²) in [6.07, 6.45) is 2.51. The van der Waals surface area contributed by atoms with Crippen LogP contribution in [0.1, 0.15) is 22.8 Å². The van der Waals surface area contributed by atoms with Gasteiger partial charge in [0.05, 0.1) is 24.6 Å². The average Bonchev–Trinajstić information content (AvgIpc) is 2.99. The van der Waals surface area contributed by atoms with Gasteiger partial charge in [-0.15, -0.1) is 0 Å². The number of halogens is 1. The van der Waals surface area contributed by atoms with Crippen LogP contribution in [0.4, 0.5) is 4.39 Å². The van der Waals surface area contributed by atoms with Crippen LogP contribution in [-0.4, -0.2) is 37.5 Å². The summed E-state index contributed by atoms with van der Waals surface area (Å²) in [7, 11) is 0.117. The molecule has 0 aliphatic heterocycles. The van der Waals surface area contributed by atoms with E-state index in [2.05, 4.69) is 24.7 Å². The maximum atomic E-state index is 14.1. The van der Waals surface area contributed by atoms with Gasteiger partial charge in [0.15, 0.2) is 0 Å². The molecule has 1 aromatic heterocycles. The molecule has 0 saturated heterocycles. The molecule has 26 heavy (non-hydrogen) atoms. The van der Waals surface area contributed by atoms with Crippen LogP contribution in [0.5, 0.6) is 0 Å². The molecule has 0 amide bonds. The molecule has 0 spiro atoms. The third-order valence-corrected chi connectivity index (χ3v) is 5.80. The highest BCUT2D eigenvalue weighted by Crippen LogP contribution is 2.27. The molecule has 2 aromatic rings. The van der Waals surface area contributed by atoms with Crippen molar-refractivity contribution in [2.24, 2.45) is 0 Å². The fourth-order valence-corrected chi connectivity index (χ4v) is 3.36. The van der Waals surface area contributed by atoms with Gasteiger partial charge >= 0.3 is 5.97 Å². The first-order valence-corrected chi connectivity index (χ1v) is 12.5. The van der Waals surface area contributed by atoms with Crippen LogP contribution >= 0.6 is 0 Å². The highest BCUT2D eigenvalue weighted by Gasteiger charge is 2.17. The highest BCUT2D eigenvalue weighted by atomic mass is 28.3. The zero-order valence-electron chi connectivity index (χ0n) is 16.1. The molecule has 7 heteroatoms. The maximum absolute atomic E-state index is 14.1. The van der Waals surface area contributed by atoms with Crippen LogP contribution < -0.4 is 0 Å². The summed E-state index contributed by atoms with van der Waals surface area (Å²) in [4.78, 5) is 11.8. The molecule has 0 unspecified atom stereocenters. The molecule has 142 valence electrons. The van der Waals surface area contributed by atoms with Crippen LogP contribution in [0.3, 0.4) is 0 Å². The summed E-state index contributed by atoms with van der Waals surface area (Å²) in [5.41, 5.74) is 2.51. The molecular formula is C19H27FN2O3Si. The second-order valence-electron chi connectivity index (χ2n) is 7.44. The van der Waals surface area contributed by atoms with E-state index in [1.807, 2.05) is 6.92 Å². The first-order chi connectivity index (χ1) is 12.2. The number of aryl methyl sites for hydroxylation is 1. The van der Waals surface area contributed by atoms with Gasteiger partial charge in [0, 0.05) is 20.2 Å². The van der Waals surface area contributed by atoms with Crippen molar-refractivity contribution >= 4 is 14.0 Å². The number of ether oxygens (including phenoxy) is 2. The van der Waals surface area contributed by atoms with Gasteiger partial charge in [0.2, 0.25) is 0 Å². The topological polar surface area (TPSA) is 53.4 Å². The van der Waals surface area contributed by atoms with Crippen molar-refractivity contribution in [3.63, 3.8) is 0 Å². The minimum atomic E-state index is -1.16. The average molecular weight is 379 g/mol. The lowest BCUT2D eigenvalue weighted by molar-refractivity contribution is 0.0600. The lowest BCUT2D eigenvalue weighted by Crippen LogP contribution is -2.22. The van der Waals surface area contributed by atoms with Gasteiger partial charge in [0.1, 0.15) is 12.5 Å². The summed E-state index contributed by atoms with van der Waals surface area (Å²) < 4.78 is 26.3. The van der Waals surface area contributed by atoms with Crippen molar-refractivity contribution in [3.8, 4) is 11.3 Å². The number of benzene rings is 1. The molecule has 0 fully saturated rings. The number of nitrogens with zero attached hydrogens (tertiary/aromatic N) is 2. The fraction of sp³-hybridized carbons (Fsp3) is 0.474. The zero-order chi connectivity index (χ0) is 19.3. The number of hydrogen-bond donors (Lipinski definition) is 0. The van der Waals surface area contributed by atoms with Crippen LogP contribution in [0.2, 0.25) is 25.7 Å². The van der Waals surface area contributed by atoms with Crippen LogP contribution in [0.15, 0.2) is 24.4 Å². The predicted molar refractivity (Wildman–Crippen MR) is 102 cm³/mol. The molecule has 5 nitrogen and oxygen atoms in total. The number of carbonyl (C=O) groups is 1. The number of rotatable bonds is 8. The van der Waals surface area contributed by atoms with Crippen molar-refractivity contribution in [1.29, 1.82) is 0 Å². The molecular weight excluding hydrogens is 351 g/mol. The number of esters is 1. The van der Waals surface area contributed by atoms with E-state index in [9.17, 15) is 9.18 Å². The first-order valence-electron chi connectivity index (χ1n) is 8.77. The lowest BCUT2D eigenvalue weighted by atomic mass is 10.0. The minimum Gasteiger partial charge on any atom is -0.465 e. The normalized spacial score (nSPS) is 11.6. The van der Waals surface area contributed by atoms with E-state index in [1.54, 1.807) is 16.9 Å². The minimum absolute atomic E-state index is 0.178. The Labute approximate surface area is 155 Å². The molecule has 0 bridgehead atoms. The molecule has 0 saturated carbocycles. The standard InChI is InChI=1S/C19H27FN2O3Si/c1-6-14-12-21-22(13-25-7-8-26(3,4)5)18(14)15-9-16(19(23)24-2)11-17(20)10-15/h9-12H,6-8,13H2,1-5H3. The lowest BCUT2D eigenvalue weighted by Gasteiger charge is -2.16. The fourth-order valence-electron chi connectivity index (χ4n) is 2.61. The van der Waals surface area contributed by atoms with E-state index in [0.29, 0.717) is 18.9 Å². The van der Waals surface area contributed by atoms with E-state index in [4.69, 9.17) is 9.47 Å². The van der Waals surface area contributed by atoms with Crippen molar-refractivity contribution < 1.29 is 18.7 Å². The molecule has 1 heterocycles. The van der Waals surface area contributed by atoms with E-state index < -0.39 is 19.9 Å². The molecule has 0 aliphatic carbocycles. The monoisotopic (exact) mass is 378 g/mol. The summed E-state index contributed by atoms with van der Waals surface area (Å²) in [5.74, 6) is -1.06. The van der Waals surface area contributed by atoms with Gasteiger partial charge in [-0.05, 0) is 36.2 Å². The van der Waals surface area contributed by atoms with Gasteiger partial charge in [-0.3, -0.25) is 0 Å². The maximum Gasteiger partial charge on any atom is 0.337 e. The van der Waals surface area contributed by atoms with E-state index in [-0.39, 0.29) is 5.56 Å². The second-order valence-corrected chi connectivity index (χ2v) is 13.1. The Hall–Kier alpha value is -1.99. The van der Waals surface area contributed by atoms with E-state index in [1.165, 1.54) is 19.2 Å². The SMILES string of the molecule is CCc1cnn(COCC[Si](C)(C)C)c1-c1cc(F)cc(C(=O)OC)c1. The number of carbonyl (C=O) groups excluding carboxylic acids is 1. The zero-order valence-corrected chi connectivity index (χ0v) is 17.1. The Bertz CT molecular complexity index is 769. The van der Waals surface area contributed by atoms with Crippen LogP contribution in [0.25, 0.3) is 11.3 Å². The Morgan fingerprint density at radius 2 is 2.00 bits per heavy atom. The Kier molecular flexibility index (Phi) is 6.72. The molecule has 0 radical (unpaired) electrons. The van der Waals surface area contributed by atoms with Crippen LogP contribution in [-0.2, 0) is 22.6 Å². The summed E-state index contributed by atoms with van der Waals surface area (Å²) in [6, 6.07) is 5.27. The third-order valence-electron chi connectivity index (χ3n) is 4.10. The smallest absolute Gasteiger partial charge is 0.337 e. The van der Waals surface area contributed by atoms with E-state index in [0.717, 1.165) is 23.7 Å². The highest BCUT2D eigenvalue weighted by molar-refractivity contribution is 6.76. The Morgan fingerprint density at radius 1 is 1.27 bits per heavy atom. The van der Waals surface area contributed by atoms with Gasteiger partial charge in [-0.2, -0.15) is 5.10 Å². The van der Waals surface area contributed by atoms with Gasteiger partial charge < -0.3 is 9.47 Å². The predicted octanol–water partition coefficient (Wildman–Crippen LogP) is 4.35. The van der Waals surface area contributed by atoms with Gasteiger partial charge in [0.25, 0.3) is 0 Å². The summed E-state index contributed by atoms with van der Waals surface area (Å²) in [5, 5.41) is 4.39. The van der Waals surface area contributed by atoms with Crippen molar-refractivity contribution in [1.82, 2.24) is 9.78 Å². The van der Waals surface area contributed by atoms with Crippen molar-refractivity contribution in [2.75, 3.05) is 13.7 Å². The number of aromatic nitrogens is 2. The van der Waals surface area contributed by atoms with Gasteiger partial charge in [-0.1, -0.05) is 26.6 Å². The van der Waals surface area contributed by atoms with Crippen molar-refractivity contribution in [2.45, 2.75) is 45.8 Å². The molecule has 0 N–H and O–H groups in total. The molecule has 0 atom stereocenters. The first kappa shape index (κ1) is 20.3. The Morgan fingerprint density at radius 3 is 2.62 bits per heavy atom. The quantitative estimate of drug-likeness (QED) is 0.389. The van der Waals surface area contributed by atoms with Crippen LogP contribution in [0, 0.1) is 5.82 Å². The van der Waals surface area contributed by atoms with Crippen molar-refractivity contribution in [3.05, 3.63) is 41.3 Å². The Balaban J connectivity index is 2.29. The second kappa shape index (κ2) is 8.59. The summed E-state index contributed by atoms with van der Waals surface area (Å²) >= 11 is 0. The third kappa shape index (κ3) is 5.25. The number of hydrogen-bond acceptors (Lipinski definition) is 4. The number of methoxy groups -OCH3 is 1. The van der Waals surface area contributed by atoms with Gasteiger partial charge in [-0.25, -0.2) is 13.9 Å². The molecule has 1 aromatic carbocycles. The van der Waals surface area contributed by atoms with E-state index >= 15 is 0 Å². The molecule has 0 aliphatic rings. The largest absolute Gasteiger partial charge is 0.465 e. The molecule has 2 rings (SSSR count).